The minimum absolute atomic E-state index is 0.0377. The van der Waals surface area contributed by atoms with Crippen LogP contribution in [0.15, 0.2) is 53.4 Å². The van der Waals surface area contributed by atoms with Gasteiger partial charge in [0.2, 0.25) is 15.9 Å². The molecule has 0 aliphatic carbocycles. The van der Waals surface area contributed by atoms with Gasteiger partial charge in [0, 0.05) is 36.8 Å². The summed E-state index contributed by atoms with van der Waals surface area (Å²) in [5.41, 5.74) is 1.45. The summed E-state index contributed by atoms with van der Waals surface area (Å²) >= 11 is 5.93. The van der Waals surface area contributed by atoms with E-state index in [0.717, 1.165) is 12.1 Å². The molecule has 0 aromatic heterocycles. The third-order valence-corrected chi connectivity index (χ3v) is 5.66. The van der Waals surface area contributed by atoms with Gasteiger partial charge in [-0.05, 0) is 35.9 Å². The zero-order chi connectivity index (χ0) is 20.1. The predicted octanol–water partition coefficient (Wildman–Crippen LogP) is 2.39. The number of hydrogen-bond donors (Lipinski definition) is 2. The monoisotopic (exact) mass is 423 g/mol. The van der Waals surface area contributed by atoms with Gasteiger partial charge in [-0.3, -0.25) is 9.69 Å². The number of halogens is 1. The fraction of sp³-hybridized carbons (Fsp3) is 0.316. The molecule has 1 amide bonds. The van der Waals surface area contributed by atoms with E-state index in [1.165, 1.54) is 18.2 Å². The molecule has 7 nitrogen and oxygen atoms in total. The minimum atomic E-state index is -3.81. The van der Waals surface area contributed by atoms with Crippen molar-refractivity contribution in [3.05, 3.63) is 59.1 Å². The van der Waals surface area contributed by atoms with E-state index in [-0.39, 0.29) is 23.3 Å². The Hall–Kier alpha value is -1.97. The molecular weight excluding hydrogens is 402 g/mol. The van der Waals surface area contributed by atoms with Gasteiger partial charge < -0.3 is 10.1 Å². The number of sulfonamides is 1. The number of ether oxygens (including phenoxy) is 1. The Kier molecular flexibility index (Phi) is 6.69. The van der Waals surface area contributed by atoms with E-state index in [0.29, 0.717) is 30.4 Å². The normalized spacial score (nSPS) is 18.0. The highest BCUT2D eigenvalue weighted by Gasteiger charge is 2.22. The topological polar surface area (TPSA) is 102 Å². The highest BCUT2D eigenvalue weighted by molar-refractivity contribution is 7.89. The Bertz CT molecular complexity index is 934. The molecular formula is C19H22ClN3O4S. The van der Waals surface area contributed by atoms with Crippen LogP contribution in [0.25, 0.3) is 0 Å². The van der Waals surface area contributed by atoms with Crippen molar-refractivity contribution in [1.82, 2.24) is 4.90 Å². The third kappa shape index (κ3) is 5.76. The average Bonchev–Trinajstić information content (AvgIpc) is 2.67. The molecule has 1 atom stereocenters. The van der Waals surface area contributed by atoms with Crippen molar-refractivity contribution in [2.24, 2.45) is 5.14 Å². The van der Waals surface area contributed by atoms with Crippen LogP contribution in [0.5, 0.6) is 0 Å². The molecule has 2 aromatic carbocycles. The molecule has 1 saturated heterocycles. The lowest BCUT2D eigenvalue weighted by molar-refractivity contribution is -0.117. The molecule has 28 heavy (non-hydrogen) atoms. The molecule has 0 spiro atoms. The number of nitrogens with zero attached hydrogens (tertiary/aromatic N) is 1. The zero-order valence-electron chi connectivity index (χ0n) is 15.2. The molecule has 0 radical (unpaired) electrons. The third-order valence-electron chi connectivity index (χ3n) is 4.49. The molecule has 9 heteroatoms. The van der Waals surface area contributed by atoms with Gasteiger partial charge in [-0.25, -0.2) is 13.6 Å². The first kappa shape index (κ1) is 20.8. The van der Waals surface area contributed by atoms with Crippen molar-refractivity contribution < 1.29 is 17.9 Å². The lowest BCUT2D eigenvalue weighted by Crippen LogP contribution is -2.39. The van der Waals surface area contributed by atoms with Crippen LogP contribution in [0, 0.1) is 0 Å². The second kappa shape index (κ2) is 9.02. The Morgan fingerprint density at radius 1 is 1.25 bits per heavy atom. The molecule has 3 N–H and O–H groups in total. The minimum Gasteiger partial charge on any atom is -0.371 e. The molecule has 0 saturated carbocycles. The van der Waals surface area contributed by atoms with Gasteiger partial charge in [0.15, 0.2) is 0 Å². The van der Waals surface area contributed by atoms with E-state index in [9.17, 15) is 13.2 Å². The van der Waals surface area contributed by atoms with Gasteiger partial charge >= 0.3 is 0 Å². The van der Waals surface area contributed by atoms with Crippen molar-refractivity contribution in [2.75, 3.05) is 31.6 Å². The average molecular weight is 424 g/mol. The maximum Gasteiger partial charge on any atom is 0.238 e. The van der Waals surface area contributed by atoms with Crippen molar-refractivity contribution >= 4 is 33.2 Å². The van der Waals surface area contributed by atoms with Crippen LogP contribution < -0.4 is 10.5 Å². The highest BCUT2D eigenvalue weighted by atomic mass is 35.5. The number of amides is 1. The molecule has 1 heterocycles. The van der Waals surface area contributed by atoms with Crippen LogP contribution >= 0.6 is 11.6 Å². The van der Waals surface area contributed by atoms with Crippen LogP contribution in [0.1, 0.15) is 18.1 Å². The van der Waals surface area contributed by atoms with Crippen LogP contribution in [0.2, 0.25) is 5.02 Å². The van der Waals surface area contributed by atoms with Crippen LogP contribution in [-0.4, -0.2) is 45.5 Å². The van der Waals surface area contributed by atoms with E-state index in [1.54, 1.807) is 6.07 Å². The van der Waals surface area contributed by atoms with Crippen molar-refractivity contribution in [1.29, 1.82) is 0 Å². The summed E-state index contributed by atoms with van der Waals surface area (Å²) < 4.78 is 28.6. The first-order valence-electron chi connectivity index (χ1n) is 8.83. The van der Waals surface area contributed by atoms with Gasteiger partial charge in [-0.2, -0.15) is 0 Å². The largest absolute Gasteiger partial charge is 0.371 e. The fourth-order valence-corrected chi connectivity index (χ4v) is 3.70. The Morgan fingerprint density at radius 3 is 2.71 bits per heavy atom. The fourth-order valence-electron chi connectivity index (χ4n) is 3.02. The number of carbonyl (C=O) groups excluding carboxylic acids is 1. The Morgan fingerprint density at radius 2 is 2.00 bits per heavy atom. The number of nitrogens with two attached hydrogens (primary N) is 1. The standard InChI is InChI=1S/C19H22ClN3O4S/c20-15-6-4-14(5-7-15)18-13-23(10-11-27-18)9-8-19(24)22-16-2-1-3-17(12-16)28(21,25)26/h1-7,12,18H,8-11,13H2,(H,22,24)(H2,21,25,26)/t18-/m1/s1. The van der Waals surface area contributed by atoms with E-state index in [1.807, 2.05) is 24.3 Å². The van der Waals surface area contributed by atoms with Gasteiger partial charge in [-0.15, -0.1) is 0 Å². The summed E-state index contributed by atoms with van der Waals surface area (Å²) in [7, 11) is -3.81. The number of carbonyl (C=O) groups is 1. The van der Waals surface area contributed by atoms with Crippen LogP contribution in [0.3, 0.4) is 0 Å². The number of nitrogens with one attached hydrogen (secondary N) is 1. The molecule has 0 bridgehead atoms. The first-order valence-corrected chi connectivity index (χ1v) is 10.8. The molecule has 2 aromatic rings. The first-order chi connectivity index (χ1) is 13.3. The van der Waals surface area contributed by atoms with E-state index < -0.39 is 10.0 Å². The van der Waals surface area contributed by atoms with Crippen molar-refractivity contribution in [3.8, 4) is 0 Å². The molecule has 0 unspecified atom stereocenters. The molecule has 1 aliphatic heterocycles. The molecule has 150 valence electrons. The quantitative estimate of drug-likeness (QED) is 0.742. The van der Waals surface area contributed by atoms with Gasteiger partial charge in [-0.1, -0.05) is 29.8 Å². The lowest BCUT2D eigenvalue weighted by Gasteiger charge is -2.33. The maximum atomic E-state index is 12.2. The smallest absolute Gasteiger partial charge is 0.238 e. The SMILES string of the molecule is NS(=O)(=O)c1cccc(NC(=O)CCN2CCO[C@@H](c3ccc(Cl)cc3)C2)c1. The van der Waals surface area contributed by atoms with Gasteiger partial charge in [0.25, 0.3) is 0 Å². The summed E-state index contributed by atoms with van der Waals surface area (Å²) in [6, 6.07) is 13.5. The maximum absolute atomic E-state index is 12.2. The number of anilines is 1. The molecule has 1 fully saturated rings. The van der Waals surface area contributed by atoms with E-state index >= 15 is 0 Å². The van der Waals surface area contributed by atoms with Crippen LogP contribution in [-0.2, 0) is 19.6 Å². The van der Waals surface area contributed by atoms with Gasteiger partial charge in [0.1, 0.15) is 0 Å². The molecule has 3 rings (SSSR count). The summed E-state index contributed by atoms with van der Waals surface area (Å²) in [5, 5.41) is 8.51. The lowest BCUT2D eigenvalue weighted by atomic mass is 10.1. The van der Waals surface area contributed by atoms with Gasteiger partial charge in [0.05, 0.1) is 17.6 Å². The van der Waals surface area contributed by atoms with Crippen LogP contribution in [0.4, 0.5) is 5.69 Å². The second-order valence-electron chi connectivity index (χ2n) is 6.58. The summed E-state index contributed by atoms with van der Waals surface area (Å²) in [5.74, 6) is -0.193. The second-order valence-corrected chi connectivity index (χ2v) is 8.58. The number of morpholine rings is 1. The Balaban J connectivity index is 1.52. The summed E-state index contributed by atoms with van der Waals surface area (Å²) in [6.07, 6.45) is 0.230. The molecule has 1 aliphatic rings. The number of primary sulfonamides is 1. The van der Waals surface area contributed by atoms with Crippen molar-refractivity contribution in [2.45, 2.75) is 17.4 Å². The predicted molar refractivity (Wildman–Crippen MR) is 108 cm³/mol. The summed E-state index contributed by atoms with van der Waals surface area (Å²) in [6.45, 7) is 2.60. The summed E-state index contributed by atoms with van der Waals surface area (Å²) in [4.78, 5) is 14.4. The highest BCUT2D eigenvalue weighted by Crippen LogP contribution is 2.24. The van der Waals surface area contributed by atoms with E-state index in [2.05, 4.69) is 10.2 Å². The number of rotatable bonds is 6. The van der Waals surface area contributed by atoms with E-state index in [4.69, 9.17) is 21.5 Å². The van der Waals surface area contributed by atoms with Crippen molar-refractivity contribution in [3.63, 3.8) is 0 Å². The number of hydrogen-bond acceptors (Lipinski definition) is 5. The Labute approximate surface area is 169 Å². The zero-order valence-corrected chi connectivity index (χ0v) is 16.7. The number of benzene rings is 2.